The van der Waals surface area contributed by atoms with E-state index in [9.17, 15) is 0 Å². The van der Waals surface area contributed by atoms with Crippen molar-refractivity contribution in [1.82, 2.24) is 9.97 Å². The van der Waals surface area contributed by atoms with Crippen molar-refractivity contribution in [3.63, 3.8) is 0 Å². The molecule has 0 amide bonds. The molecule has 0 radical (unpaired) electrons. The minimum absolute atomic E-state index is 0.514. The average Bonchev–Trinajstić information content (AvgIpc) is 2.31. The highest BCUT2D eigenvalue weighted by molar-refractivity contribution is 5.31. The Bertz CT molecular complexity index is 437. The predicted molar refractivity (Wildman–Crippen MR) is 62.6 cm³/mol. The lowest BCUT2D eigenvalue weighted by molar-refractivity contribution is 0.460. The third-order valence-corrected chi connectivity index (χ3v) is 2.31. The lowest BCUT2D eigenvalue weighted by atomic mass is 10.0. The Kier molecular flexibility index (Phi) is 3.15. The fourth-order valence-electron chi connectivity index (χ4n) is 1.38. The summed E-state index contributed by atoms with van der Waals surface area (Å²) in [7, 11) is 0. The molecule has 3 heteroatoms. The summed E-state index contributed by atoms with van der Waals surface area (Å²) >= 11 is 0. The highest BCUT2D eigenvalue weighted by atomic mass is 16.5. The maximum atomic E-state index is 5.54. The van der Waals surface area contributed by atoms with Gasteiger partial charge in [0.15, 0.2) is 0 Å². The van der Waals surface area contributed by atoms with Gasteiger partial charge >= 0.3 is 0 Å². The molecule has 0 aliphatic heterocycles. The molecule has 0 fully saturated rings. The van der Waals surface area contributed by atoms with Gasteiger partial charge in [-0.1, -0.05) is 26.0 Å². The van der Waals surface area contributed by atoms with Crippen LogP contribution in [0.15, 0.2) is 42.9 Å². The van der Waals surface area contributed by atoms with Crippen molar-refractivity contribution in [2.75, 3.05) is 0 Å². The van der Waals surface area contributed by atoms with Crippen LogP contribution < -0.4 is 4.74 Å². The third-order valence-electron chi connectivity index (χ3n) is 2.31. The molecular weight excluding hydrogens is 200 g/mol. The fraction of sp³-hybridized carbons (Fsp3) is 0.231. The third kappa shape index (κ3) is 2.57. The van der Waals surface area contributed by atoms with E-state index in [0.29, 0.717) is 11.8 Å². The van der Waals surface area contributed by atoms with Crippen molar-refractivity contribution in [2.24, 2.45) is 0 Å². The van der Waals surface area contributed by atoms with Gasteiger partial charge in [0.25, 0.3) is 0 Å². The highest BCUT2D eigenvalue weighted by Crippen LogP contribution is 2.21. The summed E-state index contributed by atoms with van der Waals surface area (Å²) in [5.74, 6) is 1.83. The smallest absolute Gasteiger partial charge is 0.237 e. The Morgan fingerprint density at radius 2 is 1.81 bits per heavy atom. The summed E-state index contributed by atoms with van der Waals surface area (Å²) in [6.45, 7) is 4.33. The minimum atomic E-state index is 0.514. The van der Waals surface area contributed by atoms with Crippen LogP contribution in [0, 0.1) is 0 Å². The van der Waals surface area contributed by atoms with E-state index in [4.69, 9.17) is 4.74 Å². The number of ether oxygens (including phenoxy) is 1. The summed E-state index contributed by atoms with van der Waals surface area (Å²) in [5.41, 5.74) is 1.30. The molecule has 1 aromatic carbocycles. The Morgan fingerprint density at radius 1 is 1.06 bits per heavy atom. The monoisotopic (exact) mass is 214 g/mol. The number of hydrogen-bond donors (Lipinski definition) is 0. The van der Waals surface area contributed by atoms with Gasteiger partial charge < -0.3 is 4.74 Å². The van der Waals surface area contributed by atoms with Crippen LogP contribution in [-0.4, -0.2) is 9.97 Å². The van der Waals surface area contributed by atoms with Gasteiger partial charge in [0.1, 0.15) is 5.75 Å². The zero-order valence-electron chi connectivity index (χ0n) is 9.42. The zero-order valence-corrected chi connectivity index (χ0v) is 9.42. The van der Waals surface area contributed by atoms with E-state index in [1.54, 1.807) is 18.6 Å². The van der Waals surface area contributed by atoms with E-state index in [0.717, 1.165) is 5.75 Å². The number of hydrogen-bond acceptors (Lipinski definition) is 3. The van der Waals surface area contributed by atoms with Gasteiger partial charge in [0, 0.05) is 12.4 Å². The van der Waals surface area contributed by atoms with Crippen molar-refractivity contribution < 1.29 is 4.74 Å². The van der Waals surface area contributed by atoms with E-state index in [1.165, 1.54) is 5.56 Å². The molecule has 1 aromatic heterocycles. The van der Waals surface area contributed by atoms with Crippen LogP contribution in [0.1, 0.15) is 25.3 Å². The van der Waals surface area contributed by atoms with Gasteiger partial charge in [0.2, 0.25) is 5.88 Å². The normalized spacial score (nSPS) is 10.4. The Balaban J connectivity index is 2.11. The zero-order chi connectivity index (χ0) is 11.4. The molecule has 0 saturated carbocycles. The molecule has 1 heterocycles. The molecule has 82 valence electrons. The SMILES string of the molecule is CC(C)c1ccc(Oc2cnccn2)cc1. The summed E-state index contributed by atoms with van der Waals surface area (Å²) in [5, 5.41) is 0. The van der Waals surface area contributed by atoms with Crippen LogP contribution in [0.4, 0.5) is 0 Å². The van der Waals surface area contributed by atoms with Crippen LogP contribution in [0.5, 0.6) is 11.6 Å². The summed E-state index contributed by atoms with van der Waals surface area (Å²) in [6.07, 6.45) is 4.82. The number of rotatable bonds is 3. The molecule has 16 heavy (non-hydrogen) atoms. The van der Waals surface area contributed by atoms with Gasteiger partial charge in [-0.2, -0.15) is 0 Å². The van der Waals surface area contributed by atoms with Gasteiger partial charge in [-0.15, -0.1) is 0 Å². The second-order valence-corrected chi connectivity index (χ2v) is 3.87. The minimum Gasteiger partial charge on any atom is -0.438 e. The molecule has 0 spiro atoms. The molecule has 3 nitrogen and oxygen atoms in total. The molecule has 2 rings (SSSR count). The summed E-state index contributed by atoms with van der Waals surface area (Å²) < 4.78 is 5.54. The van der Waals surface area contributed by atoms with Crippen LogP contribution in [0.25, 0.3) is 0 Å². The van der Waals surface area contributed by atoms with Crippen LogP contribution in [-0.2, 0) is 0 Å². The van der Waals surface area contributed by atoms with Crippen molar-refractivity contribution >= 4 is 0 Å². The average molecular weight is 214 g/mol. The number of aromatic nitrogens is 2. The van der Waals surface area contributed by atoms with E-state index in [-0.39, 0.29) is 0 Å². The Labute approximate surface area is 95.1 Å². The van der Waals surface area contributed by atoms with E-state index in [2.05, 4.69) is 35.9 Å². The van der Waals surface area contributed by atoms with Crippen molar-refractivity contribution in [3.05, 3.63) is 48.4 Å². The van der Waals surface area contributed by atoms with Crippen molar-refractivity contribution in [2.45, 2.75) is 19.8 Å². The Morgan fingerprint density at radius 3 is 2.38 bits per heavy atom. The molecular formula is C13H14N2O. The topological polar surface area (TPSA) is 35.0 Å². The first-order valence-electron chi connectivity index (χ1n) is 5.29. The largest absolute Gasteiger partial charge is 0.438 e. The first-order chi connectivity index (χ1) is 7.75. The predicted octanol–water partition coefficient (Wildman–Crippen LogP) is 3.39. The first-order valence-corrected chi connectivity index (χ1v) is 5.29. The van der Waals surface area contributed by atoms with Gasteiger partial charge in [0.05, 0.1) is 6.20 Å². The molecule has 0 atom stereocenters. The lowest BCUT2D eigenvalue weighted by Crippen LogP contribution is -1.90. The second-order valence-electron chi connectivity index (χ2n) is 3.87. The van der Waals surface area contributed by atoms with Gasteiger partial charge in [-0.05, 0) is 23.6 Å². The van der Waals surface area contributed by atoms with Crippen molar-refractivity contribution in [3.8, 4) is 11.6 Å². The molecule has 0 aliphatic rings. The second kappa shape index (κ2) is 4.75. The van der Waals surface area contributed by atoms with Crippen LogP contribution in [0.3, 0.4) is 0 Å². The molecule has 2 aromatic rings. The standard InChI is InChI=1S/C13H14N2O/c1-10(2)11-3-5-12(6-4-11)16-13-9-14-7-8-15-13/h3-10H,1-2H3. The van der Waals surface area contributed by atoms with Gasteiger partial charge in [-0.3, -0.25) is 4.98 Å². The van der Waals surface area contributed by atoms with Gasteiger partial charge in [-0.25, -0.2) is 4.98 Å². The van der Waals surface area contributed by atoms with E-state index < -0.39 is 0 Å². The molecule has 0 unspecified atom stereocenters. The number of benzene rings is 1. The summed E-state index contributed by atoms with van der Waals surface area (Å²) in [4.78, 5) is 7.99. The summed E-state index contributed by atoms with van der Waals surface area (Å²) in [6, 6.07) is 8.03. The number of nitrogens with zero attached hydrogens (tertiary/aromatic N) is 2. The first kappa shape index (κ1) is 10.6. The fourth-order valence-corrected chi connectivity index (χ4v) is 1.38. The maximum absolute atomic E-state index is 5.54. The van der Waals surface area contributed by atoms with Crippen LogP contribution in [0.2, 0.25) is 0 Å². The van der Waals surface area contributed by atoms with Crippen molar-refractivity contribution in [1.29, 1.82) is 0 Å². The quantitative estimate of drug-likeness (QED) is 0.785. The molecule has 0 N–H and O–H groups in total. The molecule has 0 bridgehead atoms. The lowest BCUT2D eigenvalue weighted by Gasteiger charge is -2.07. The Hall–Kier alpha value is -1.90. The molecule has 0 saturated heterocycles. The van der Waals surface area contributed by atoms with E-state index in [1.807, 2.05) is 12.1 Å². The highest BCUT2D eigenvalue weighted by Gasteiger charge is 2.00. The van der Waals surface area contributed by atoms with Crippen LogP contribution >= 0.6 is 0 Å². The maximum Gasteiger partial charge on any atom is 0.237 e. The molecule has 0 aliphatic carbocycles. The van der Waals surface area contributed by atoms with E-state index >= 15 is 0 Å².